The molecule has 35 heavy (non-hydrogen) atoms. The van der Waals surface area contributed by atoms with E-state index in [0.717, 1.165) is 29.3 Å². The summed E-state index contributed by atoms with van der Waals surface area (Å²) in [5.74, 6) is 0.758. The third-order valence-corrected chi connectivity index (χ3v) is 6.21. The van der Waals surface area contributed by atoms with Crippen molar-refractivity contribution in [3.63, 3.8) is 0 Å². The number of primary amides is 1. The number of rotatable bonds is 14. The molecule has 0 aliphatic heterocycles. The Bertz CT molecular complexity index is 1160. The first-order valence-electron chi connectivity index (χ1n) is 12.3. The Labute approximate surface area is 205 Å². The van der Waals surface area contributed by atoms with E-state index in [0.29, 0.717) is 62.1 Å². The molecule has 2 aromatic carbocycles. The van der Waals surface area contributed by atoms with Gasteiger partial charge in [-0.2, -0.15) is 0 Å². The smallest absolute Gasteiger partial charge is 0.250 e. The Morgan fingerprint density at radius 2 is 2.06 bits per heavy atom. The highest BCUT2D eigenvalue weighted by molar-refractivity contribution is 6.05. The fourth-order valence-electron chi connectivity index (χ4n) is 4.24. The second kappa shape index (κ2) is 11.6. The number of aliphatic hydroxyl groups is 1. The van der Waals surface area contributed by atoms with Crippen molar-refractivity contribution in [3.8, 4) is 11.5 Å². The van der Waals surface area contributed by atoms with Gasteiger partial charge in [0.15, 0.2) is 11.5 Å². The number of carbonyl (C=O) groups excluding carboxylic acids is 1. The molecule has 188 valence electrons. The summed E-state index contributed by atoms with van der Waals surface area (Å²) in [5.41, 5.74) is 8.00. The number of hydrogen-bond acceptors (Lipinski definition) is 5. The molecule has 3 aromatic rings. The van der Waals surface area contributed by atoms with Crippen molar-refractivity contribution in [3.05, 3.63) is 59.5 Å². The van der Waals surface area contributed by atoms with Gasteiger partial charge in [-0.05, 0) is 74.4 Å². The van der Waals surface area contributed by atoms with Crippen molar-refractivity contribution < 1.29 is 23.8 Å². The minimum absolute atomic E-state index is 0.0898. The summed E-state index contributed by atoms with van der Waals surface area (Å²) in [6, 6.07) is 10.4. The molecular weight excluding hydrogens is 449 g/mol. The van der Waals surface area contributed by atoms with Crippen LogP contribution in [-0.2, 0) is 13.0 Å². The summed E-state index contributed by atoms with van der Waals surface area (Å²) in [6.07, 6.45) is 5.57. The molecule has 7 nitrogen and oxygen atoms in total. The van der Waals surface area contributed by atoms with Gasteiger partial charge >= 0.3 is 0 Å². The number of carbonyl (C=O) groups is 1. The third kappa shape index (κ3) is 6.74. The molecule has 0 saturated heterocycles. The van der Waals surface area contributed by atoms with Crippen LogP contribution in [0.5, 0.6) is 11.5 Å². The first kappa shape index (κ1) is 25.0. The number of nitrogens with two attached hydrogens (primary N) is 1. The molecule has 1 saturated carbocycles. The quantitative estimate of drug-likeness (QED) is 0.304. The molecule has 1 atom stereocenters. The molecule has 1 fully saturated rings. The molecule has 0 unspecified atom stereocenters. The highest BCUT2D eigenvalue weighted by Crippen LogP contribution is 2.33. The largest absolute Gasteiger partial charge is 0.489 e. The molecule has 1 aliphatic carbocycles. The number of halogens is 1. The Hall–Kier alpha value is -3.10. The zero-order valence-electron chi connectivity index (χ0n) is 20.1. The van der Waals surface area contributed by atoms with Crippen LogP contribution < -0.4 is 20.5 Å². The predicted molar refractivity (Wildman–Crippen MR) is 133 cm³/mol. The summed E-state index contributed by atoms with van der Waals surface area (Å²) in [4.78, 5) is 12.2. The summed E-state index contributed by atoms with van der Waals surface area (Å²) in [5, 5.41) is 13.5. The van der Waals surface area contributed by atoms with Gasteiger partial charge < -0.3 is 30.2 Å². The van der Waals surface area contributed by atoms with E-state index < -0.39 is 5.91 Å². The van der Waals surface area contributed by atoms with E-state index >= 15 is 0 Å². The fourth-order valence-corrected chi connectivity index (χ4v) is 4.24. The Kier molecular flexibility index (Phi) is 8.25. The van der Waals surface area contributed by atoms with Crippen molar-refractivity contribution >= 4 is 16.8 Å². The molecule has 0 radical (unpaired) electrons. The standard InChI is InChI=1S/C27H34FN3O4/c1-18(30-8-12-34-24-6-5-22(28)16-25(24)35-17-19-3-4-19)13-20-14-21-7-10-31(9-2-11-32)26(21)23(15-20)27(29)33/h5-7,10,14-16,18-19,30,32H,2-4,8-9,11-13,17H2,1H3,(H2,29,33)/t18-/m1/s1. The van der Waals surface area contributed by atoms with Crippen LogP contribution in [0, 0.1) is 11.7 Å². The minimum Gasteiger partial charge on any atom is -0.489 e. The SMILES string of the molecule is C[C@H](Cc1cc(C(N)=O)c2c(ccn2CCCO)c1)NCCOc1ccc(F)cc1OCC1CC1. The van der Waals surface area contributed by atoms with Crippen LogP contribution >= 0.6 is 0 Å². The van der Waals surface area contributed by atoms with Gasteiger partial charge in [0.2, 0.25) is 0 Å². The number of aryl methyl sites for hydroxylation is 1. The maximum absolute atomic E-state index is 13.6. The van der Waals surface area contributed by atoms with Crippen LogP contribution in [0.4, 0.5) is 4.39 Å². The van der Waals surface area contributed by atoms with Gasteiger partial charge in [-0.15, -0.1) is 0 Å². The van der Waals surface area contributed by atoms with Crippen molar-refractivity contribution in [1.82, 2.24) is 9.88 Å². The topological polar surface area (TPSA) is 98.7 Å². The molecule has 4 N–H and O–H groups in total. The average molecular weight is 484 g/mol. The van der Waals surface area contributed by atoms with Gasteiger partial charge in [0.1, 0.15) is 12.4 Å². The first-order valence-corrected chi connectivity index (χ1v) is 12.3. The number of ether oxygens (including phenoxy) is 2. The van der Waals surface area contributed by atoms with Crippen LogP contribution in [0.25, 0.3) is 10.9 Å². The van der Waals surface area contributed by atoms with Gasteiger partial charge in [-0.3, -0.25) is 4.79 Å². The number of nitrogens with zero attached hydrogens (tertiary/aromatic N) is 1. The normalized spacial score (nSPS) is 14.3. The number of amides is 1. The highest BCUT2D eigenvalue weighted by Gasteiger charge is 2.22. The van der Waals surface area contributed by atoms with Crippen LogP contribution in [-0.4, -0.2) is 48.0 Å². The lowest BCUT2D eigenvalue weighted by Gasteiger charge is -2.17. The van der Waals surface area contributed by atoms with Crippen molar-refractivity contribution in [2.75, 3.05) is 26.4 Å². The van der Waals surface area contributed by atoms with E-state index in [9.17, 15) is 9.18 Å². The first-order chi connectivity index (χ1) is 16.9. The summed E-state index contributed by atoms with van der Waals surface area (Å²) < 4.78 is 27.2. The van der Waals surface area contributed by atoms with E-state index in [1.807, 2.05) is 22.9 Å². The molecule has 8 heteroatoms. The van der Waals surface area contributed by atoms with Gasteiger partial charge in [0.05, 0.1) is 17.7 Å². The Balaban J connectivity index is 1.32. The molecule has 1 aliphatic rings. The number of benzene rings is 2. The van der Waals surface area contributed by atoms with Crippen LogP contribution in [0.15, 0.2) is 42.6 Å². The number of nitrogens with one attached hydrogen (secondary N) is 1. The second-order valence-corrected chi connectivity index (χ2v) is 9.28. The lowest BCUT2D eigenvalue weighted by Crippen LogP contribution is -2.32. The minimum atomic E-state index is -0.464. The average Bonchev–Trinajstić information content (AvgIpc) is 3.58. The van der Waals surface area contributed by atoms with E-state index in [1.54, 1.807) is 6.07 Å². The number of fused-ring (bicyclic) bond motifs is 1. The lowest BCUT2D eigenvalue weighted by molar-refractivity contribution is 0.100. The van der Waals surface area contributed by atoms with Crippen LogP contribution in [0.2, 0.25) is 0 Å². The summed E-state index contributed by atoms with van der Waals surface area (Å²) in [6.45, 7) is 4.39. The molecule has 1 heterocycles. The number of aliphatic hydroxyl groups excluding tert-OH is 1. The van der Waals surface area contributed by atoms with Gasteiger partial charge in [-0.25, -0.2) is 4.39 Å². The van der Waals surface area contributed by atoms with E-state index in [4.69, 9.17) is 20.3 Å². The molecule has 0 bridgehead atoms. The zero-order valence-corrected chi connectivity index (χ0v) is 20.1. The molecule has 1 aromatic heterocycles. The van der Waals surface area contributed by atoms with Crippen LogP contribution in [0.1, 0.15) is 42.1 Å². The maximum Gasteiger partial charge on any atom is 0.250 e. The van der Waals surface area contributed by atoms with Crippen molar-refractivity contribution in [2.45, 2.75) is 45.2 Å². The monoisotopic (exact) mass is 483 g/mol. The highest BCUT2D eigenvalue weighted by atomic mass is 19.1. The lowest BCUT2D eigenvalue weighted by atomic mass is 10.0. The van der Waals surface area contributed by atoms with Gasteiger partial charge in [-0.1, -0.05) is 0 Å². The van der Waals surface area contributed by atoms with E-state index in [-0.39, 0.29) is 18.5 Å². The van der Waals surface area contributed by atoms with Crippen molar-refractivity contribution in [2.24, 2.45) is 11.7 Å². The van der Waals surface area contributed by atoms with E-state index in [2.05, 4.69) is 18.3 Å². The fraction of sp³-hybridized carbons (Fsp3) is 0.444. The van der Waals surface area contributed by atoms with Crippen LogP contribution in [0.3, 0.4) is 0 Å². The Morgan fingerprint density at radius 3 is 2.80 bits per heavy atom. The van der Waals surface area contributed by atoms with Gasteiger partial charge in [0, 0.05) is 43.4 Å². The van der Waals surface area contributed by atoms with E-state index in [1.165, 1.54) is 12.1 Å². The third-order valence-electron chi connectivity index (χ3n) is 6.21. The zero-order chi connectivity index (χ0) is 24.8. The molecule has 1 amide bonds. The van der Waals surface area contributed by atoms with Crippen molar-refractivity contribution in [1.29, 1.82) is 0 Å². The maximum atomic E-state index is 13.6. The number of hydrogen-bond donors (Lipinski definition) is 3. The second-order valence-electron chi connectivity index (χ2n) is 9.28. The molecule has 0 spiro atoms. The summed E-state index contributed by atoms with van der Waals surface area (Å²) >= 11 is 0. The number of aromatic nitrogens is 1. The molecular formula is C27H34FN3O4. The summed E-state index contributed by atoms with van der Waals surface area (Å²) in [7, 11) is 0. The predicted octanol–water partition coefficient (Wildman–Crippen LogP) is 3.65. The van der Waals surface area contributed by atoms with Gasteiger partial charge in [0.25, 0.3) is 5.91 Å². The Morgan fingerprint density at radius 1 is 1.23 bits per heavy atom. The molecule has 4 rings (SSSR count).